The highest BCUT2D eigenvalue weighted by Crippen LogP contribution is 2.31. The molecule has 0 unspecified atom stereocenters. The molecule has 6 nitrogen and oxygen atoms in total. The first kappa shape index (κ1) is 23.1. The van der Waals surface area contributed by atoms with E-state index in [2.05, 4.69) is 9.46 Å². The van der Waals surface area contributed by atoms with Gasteiger partial charge in [0.15, 0.2) is 0 Å². The third-order valence-corrected chi connectivity index (χ3v) is 5.91. The van der Waals surface area contributed by atoms with Crippen molar-refractivity contribution in [2.45, 2.75) is 24.1 Å². The molecule has 0 aliphatic heterocycles. The van der Waals surface area contributed by atoms with Gasteiger partial charge in [-0.25, -0.2) is 13.2 Å². The van der Waals surface area contributed by atoms with Gasteiger partial charge >= 0.3 is 12.3 Å². The summed E-state index contributed by atoms with van der Waals surface area (Å²) in [6.45, 7) is 0. The smallest absolute Gasteiger partial charge is 0.478 e. The van der Waals surface area contributed by atoms with Crippen LogP contribution in [0.1, 0.15) is 21.5 Å². The minimum absolute atomic E-state index is 0.154. The molecule has 32 heavy (non-hydrogen) atoms. The highest BCUT2D eigenvalue weighted by molar-refractivity contribution is 7.92. The minimum Gasteiger partial charge on any atom is -0.478 e. The lowest BCUT2D eigenvalue weighted by atomic mass is 10.0. The summed E-state index contributed by atoms with van der Waals surface area (Å²) in [6.07, 6.45) is -4.14. The highest BCUT2D eigenvalue weighted by Gasteiger charge is 2.34. The van der Waals surface area contributed by atoms with E-state index in [1.54, 1.807) is 30.3 Å². The first-order valence-corrected chi connectivity index (χ1v) is 10.8. The van der Waals surface area contributed by atoms with E-state index in [0.717, 1.165) is 17.7 Å². The zero-order valence-electron chi connectivity index (χ0n) is 16.5. The monoisotopic (exact) mass is 465 g/mol. The fraction of sp³-hybridized carbons (Fsp3) is 0.136. The molecule has 3 aromatic carbocycles. The van der Waals surface area contributed by atoms with Gasteiger partial charge in [0.25, 0.3) is 10.0 Å². The summed E-state index contributed by atoms with van der Waals surface area (Å²) in [4.78, 5) is 10.3. The van der Waals surface area contributed by atoms with Gasteiger partial charge in [0, 0.05) is 0 Å². The second-order valence-electron chi connectivity index (χ2n) is 6.76. The van der Waals surface area contributed by atoms with Crippen molar-refractivity contribution in [1.29, 1.82) is 0 Å². The van der Waals surface area contributed by atoms with Gasteiger partial charge in [-0.3, -0.25) is 4.72 Å². The van der Waals surface area contributed by atoms with Gasteiger partial charge in [-0.05, 0) is 54.3 Å². The fourth-order valence-electron chi connectivity index (χ4n) is 3.01. The minimum atomic E-state index is -5.04. The Labute approximate surface area is 182 Å². The van der Waals surface area contributed by atoms with Crippen molar-refractivity contribution in [3.05, 3.63) is 89.5 Å². The topological polar surface area (TPSA) is 92.7 Å². The van der Waals surface area contributed by atoms with Crippen molar-refractivity contribution in [2.75, 3.05) is 4.72 Å². The largest absolute Gasteiger partial charge is 0.573 e. The Hall–Kier alpha value is -3.53. The van der Waals surface area contributed by atoms with E-state index in [-0.39, 0.29) is 11.3 Å². The van der Waals surface area contributed by atoms with Crippen molar-refractivity contribution in [3.8, 4) is 5.75 Å². The molecule has 0 aliphatic carbocycles. The van der Waals surface area contributed by atoms with E-state index in [9.17, 15) is 26.4 Å². The molecule has 0 atom stereocenters. The molecule has 10 heteroatoms. The van der Waals surface area contributed by atoms with Gasteiger partial charge in [0.05, 0.1) is 11.3 Å². The third kappa shape index (κ3) is 6.01. The Kier molecular flexibility index (Phi) is 6.73. The highest BCUT2D eigenvalue weighted by atomic mass is 32.2. The number of aryl methyl sites for hydroxylation is 2. The number of hydrogen-bond donors (Lipinski definition) is 2. The van der Waals surface area contributed by atoms with Crippen LogP contribution < -0.4 is 9.46 Å². The van der Waals surface area contributed by atoms with Gasteiger partial charge in [-0.1, -0.05) is 42.5 Å². The van der Waals surface area contributed by atoms with Gasteiger partial charge in [-0.15, -0.1) is 13.2 Å². The van der Waals surface area contributed by atoms with Gasteiger partial charge in [-0.2, -0.15) is 0 Å². The lowest BCUT2D eigenvalue weighted by molar-refractivity contribution is -0.275. The molecule has 0 aromatic heterocycles. The van der Waals surface area contributed by atoms with Crippen LogP contribution in [0, 0.1) is 0 Å². The number of anilines is 1. The van der Waals surface area contributed by atoms with Crippen LogP contribution in [0.5, 0.6) is 5.75 Å². The molecule has 0 saturated carbocycles. The average Bonchev–Trinajstić information content (AvgIpc) is 2.72. The summed E-state index contributed by atoms with van der Waals surface area (Å²) in [5.41, 5.74) is 1.84. The molecule has 0 bridgehead atoms. The molecular weight excluding hydrogens is 447 g/mol. The summed E-state index contributed by atoms with van der Waals surface area (Å²) >= 11 is 0. The molecule has 0 fully saturated rings. The molecule has 2 N–H and O–H groups in total. The lowest BCUT2D eigenvalue weighted by Crippen LogP contribution is -2.21. The number of ether oxygens (including phenoxy) is 1. The zero-order chi connectivity index (χ0) is 23.4. The van der Waals surface area contributed by atoms with Crippen LogP contribution in [0.2, 0.25) is 0 Å². The van der Waals surface area contributed by atoms with Crippen LogP contribution >= 0.6 is 0 Å². The number of rotatable bonds is 8. The number of nitrogens with one attached hydrogen (secondary N) is 1. The summed E-state index contributed by atoms with van der Waals surface area (Å²) in [5.74, 6) is -1.87. The molecule has 0 radical (unpaired) electrons. The number of para-hydroxylation sites is 2. The number of aromatic carboxylic acids is 1. The maximum Gasteiger partial charge on any atom is 0.573 e. The van der Waals surface area contributed by atoms with Crippen LogP contribution in [0.15, 0.2) is 77.7 Å². The maximum atomic E-state index is 12.8. The first-order valence-electron chi connectivity index (χ1n) is 9.33. The van der Waals surface area contributed by atoms with Crippen molar-refractivity contribution in [2.24, 2.45) is 0 Å². The van der Waals surface area contributed by atoms with Crippen molar-refractivity contribution < 1.29 is 36.2 Å². The number of carbonyl (C=O) groups is 1. The number of hydrogen-bond acceptors (Lipinski definition) is 4. The summed E-state index contributed by atoms with van der Waals surface area (Å²) in [7, 11) is -4.38. The number of benzene rings is 3. The van der Waals surface area contributed by atoms with E-state index in [1.165, 1.54) is 30.3 Å². The van der Waals surface area contributed by atoms with Crippen LogP contribution in [-0.2, 0) is 22.9 Å². The summed E-state index contributed by atoms with van der Waals surface area (Å²) in [5, 5.41) is 8.97. The number of carboxylic acids is 1. The van der Waals surface area contributed by atoms with Crippen molar-refractivity contribution in [1.82, 2.24) is 0 Å². The molecule has 0 heterocycles. The standard InChI is InChI=1S/C22H18F3NO5S/c23-22(24,25)31-19-7-3-4-8-20(19)32(29,30)26-18-6-2-1-5-16(18)12-9-15-10-13-17(14-11-15)21(27)28/h1-8,10-11,13-14,26H,9,12H2,(H,27,28). The number of carboxylic acid groups (broad SMARTS) is 1. The normalized spacial score (nSPS) is 11.7. The van der Waals surface area contributed by atoms with Crippen LogP contribution in [0.4, 0.5) is 18.9 Å². The Morgan fingerprint density at radius 3 is 2.19 bits per heavy atom. The predicted molar refractivity (Wildman–Crippen MR) is 111 cm³/mol. The Morgan fingerprint density at radius 2 is 1.53 bits per heavy atom. The van der Waals surface area contributed by atoms with E-state index in [1.807, 2.05) is 0 Å². The van der Waals surface area contributed by atoms with Crippen LogP contribution in [-0.4, -0.2) is 25.9 Å². The molecule has 0 saturated heterocycles. The van der Waals surface area contributed by atoms with Gasteiger partial charge in [0.1, 0.15) is 10.6 Å². The molecule has 0 aliphatic rings. The van der Waals surface area contributed by atoms with Crippen molar-refractivity contribution in [3.63, 3.8) is 0 Å². The van der Waals surface area contributed by atoms with Gasteiger partial charge in [0.2, 0.25) is 0 Å². The number of alkyl halides is 3. The number of sulfonamides is 1. The van der Waals surface area contributed by atoms with E-state index in [4.69, 9.17) is 5.11 Å². The fourth-order valence-corrected chi connectivity index (χ4v) is 4.24. The Balaban J connectivity index is 1.81. The third-order valence-electron chi connectivity index (χ3n) is 4.51. The summed E-state index contributed by atoms with van der Waals surface area (Å²) in [6, 6.07) is 17.3. The van der Waals surface area contributed by atoms with E-state index >= 15 is 0 Å². The summed E-state index contributed by atoms with van der Waals surface area (Å²) < 4.78 is 69.8. The van der Waals surface area contributed by atoms with Crippen molar-refractivity contribution >= 4 is 21.7 Å². The predicted octanol–water partition coefficient (Wildman–Crippen LogP) is 4.87. The molecule has 3 rings (SSSR count). The van der Waals surface area contributed by atoms with E-state index < -0.39 is 33.0 Å². The Bertz CT molecular complexity index is 1210. The van der Waals surface area contributed by atoms with Crippen LogP contribution in [0.25, 0.3) is 0 Å². The Morgan fingerprint density at radius 1 is 0.906 bits per heavy atom. The molecule has 3 aromatic rings. The quantitative estimate of drug-likeness (QED) is 0.495. The molecule has 168 valence electrons. The lowest BCUT2D eigenvalue weighted by Gasteiger charge is -2.16. The SMILES string of the molecule is O=C(O)c1ccc(CCc2ccccc2NS(=O)(=O)c2ccccc2OC(F)(F)F)cc1. The number of halogens is 3. The average molecular weight is 465 g/mol. The van der Waals surface area contributed by atoms with Gasteiger partial charge < -0.3 is 9.84 Å². The van der Waals surface area contributed by atoms with Crippen LogP contribution in [0.3, 0.4) is 0 Å². The zero-order valence-corrected chi connectivity index (χ0v) is 17.3. The van der Waals surface area contributed by atoms with E-state index in [0.29, 0.717) is 18.4 Å². The molecule has 0 amide bonds. The molecule has 0 spiro atoms. The molecular formula is C22H18F3NO5S. The first-order chi connectivity index (χ1) is 15.0. The second kappa shape index (κ2) is 9.31. The second-order valence-corrected chi connectivity index (χ2v) is 8.41. The maximum absolute atomic E-state index is 12.8.